The van der Waals surface area contributed by atoms with Gasteiger partial charge in [-0.3, -0.25) is 4.79 Å². The molecule has 0 aliphatic heterocycles. The van der Waals surface area contributed by atoms with E-state index >= 15 is 0 Å². The number of thiophene rings is 1. The monoisotopic (exact) mass is 431 g/mol. The third kappa shape index (κ3) is 4.81. The van der Waals surface area contributed by atoms with Gasteiger partial charge in [-0.15, -0.1) is 11.3 Å². The largest absolute Gasteiger partial charge is 0.437 e. The van der Waals surface area contributed by atoms with Crippen LogP contribution >= 0.6 is 11.3 Å². The molecule has 0 fully saturated rings. The molecule has 0 radical (unpaired) electrons. The van der Waals surface area contributed by atoms with Crippen molar-refractivity contribution in [3.05, 3.63) is 72.6 Å². The first-order valence-corrected chi connectivity index (χ1v) is 10.4. The van der Waals surface area contributed by atoms with Gasteiger partial charge >= 0.3 is 0 Å². The second-order valence-electron chi connectivity index (χ2n) is 6.88. The lowest BCUT2D eigenvalue weighted by Crippen LogP contribution is -2.08. The van der Waals surface area contributed by atoms with Crippen molar-refractivity contribution < 1.29 is 9.53 Å². The molecule has 0 saturated heterocycles. The Labute approximate surface area is 184 Å². The summed E-state index contributed by atoms with van der Waals surface area (Å²) in [4.78, 5) is 22.8. The number of carbonyl (C=O) groups excluding carboxylic acids is 1. The van der Waals surface area contributed by atoms with Gasteiger partial charge in [-0.2, -0.15) is 4.98 Å². The molecule has 2 aromatic heterocycles. The minimum Gasteiger partial charge on any atom is -0.437 e. The molecular weight excluding hydrogens is 410 g/mol. The summed E-state index contributed by atoms with van der Waals surface area (Å²) in [7, 11) is 3.99. The molecule has 31 heavy (non-hydrogen) atoms. The van der Waals surface area contributed by atoms with E-state index in [1.54, 1.807) is 24.3 Å². The number of hydrogen-bond donors (Lipinski definition) is 2. The molecule has 0 saturated carbocycles. The fourth-order valence-electron chi connectivity index (χ4n) is 2.88. The van der Waals surface area contributed by atoms with E-state index in [1.165, 1.54) is 17.4 Å². The van der Waals surface area contributed by atoms with Crippen LogP contribution in [-0.2, 0) is 4.79 Å². The summed E-state index contributed by atoms with van der Waals surface area (Å²) >= 11 is 1.51. The molecule has 0 bridgehead atoms. The Morgan fingerprint density at radius 3 is 2.65 bits per heavy atom. The normalized spacial score (nSPS) is 10.5. The standard InChI is InChI=1S/C23H21N5O2S/c1-4-20(29)24-16-6-5-7-18(14-16)30-22-21-19(12-13-31-21)26-23(27-22)25-15-8-10-17(11-9-15)28(2)3/h4-14H,1H2,2-3H3,(H,24,29)(H,25,26,27). The highest BCUT2D eigenvalue weighted by Crippen LogP contribution is 2.33. The summed E-state index contributed by atoms with van der Waals surface area (Å²) in [6.07, 6.45) is 1.22. The van der Waals surface area contributed by atoms with Gasteiger partial charge in [-0.05, 0) is 53.9 Å². The summed E-state index contributed by atoms with van der Waals surface area (Å²) in [5.74, 6) is 1.15. The molecule has 0 unspecified atom stereocenters. The SMILES string of the molecule is C=CC(=O)Nc1cccc(Oc2nc(Nc3ccc(N(C)C)cc3)nc3ccsc23)c1. The molecule has 7 nitrogen and oxygen atoms in total. The Balaban J connectivity index is 1.61. The van der Waals surface area contributed by atoms with Crippen LogP contribution in [-0.4, -0.2) is 30.0 Å². The average Bonchev–Trinajstić information content (AvgIpc) is 3.23. The second-order valence-corrected chi connectivity index (χ2v) is 7.79. The highest BCUT2D eigenvalue weighted by molar-refractivity contribution is 7.17. The summed E-state index contributed by atoms with van der Waals surface area (Å²) < 4.78 is 6.91. The zero-order valence-corrected chi connectivity index (χ0v) is 17.9. The van der Waals surface area contributed by atoms with Crippen LogP contribution in [0.1, 0.15) is 0 Å². The van der Waals surface area contributed by atoms with Crippen LogP contribution in [0.4, 0.5) is 23.0 Å². The number of nitrogens with zero attached hydrogens (tertiary/aromatic N) is 3. The maximum absolute atomic E-state index is 11.6. The Morgan fingerprint density at radius 1 is 1.10 bits per heavy atom. The summed E-state index contributed by atoms with van der Waals surface area (Å²) in [6.45, 7) is 3.46. The summed E-state index contributed by atoms with van der Waals surface area (Å²) in [6, 6.07) is 17.0. The number of amides is 1. The van der Waals surface area contributed by atoms with Gasteiger partial charge in [0.1, 0.15) is 10.4 Å². The maximum Gasteiger partial charge on any atom is 0.247 e. The Morgan fingerprint density at radius 2 is 1.90 bits per heavy atom. The average molecular weight is 432 g/mol. The van der Waals surface area contributed by atoms with E-state index in [0.29, 0.717) is 23.3 Å². The fourth-order valence-corrected chi connectivity index (χ4v) is 3.63. The molecule has 0 aliphatic rings. The molecule has 2 N–H and O–H groups in total. The van der Waals surface area contributed by atoms with Gasteiger partial charge in [-0.25, -0.2) is 4.98 Å². The maximum atomic E-state index is 11.6. The van der Waals surface area contributed by atoms with Gasteiger partial charge in [0.25, 0.3) is 0 Å². The molecule has 0 aliphatic carbocycles. The third-order valence-corrected chi connectivity index (χ3v) is 5.31. The van der Waals surface area contributed by atoms with Crippen LogP contribution in [0.2, 0.25) is 0 Å². The molecule has 2 aromatic carbocycles. The van der Waals surface area contributed by atoms with Crippen molar-refractivity contribution in [3.8, 4) is 11.6 Å². The van der Waals surface area contributed by atoms with Crippen molar-refractivity contribution >= 4 is 50.5 Å². The van der Waals surface area contributed by atoms with Crippen LogP contribution < -0.4 is 20.3 Å². The zero-order chi connectivity index (χ0) is 21.8. The molecular formula is C23H21N5O2S. The van der Waals surface area contributed by atoms with E-state index < -0.39 is 0 Å². The van der Waals surface area contributed by atoms with Gasteiger partial charge in [0, 0.05) is 37.2 Å². The van der Waals surface area contributed by atoms with Crippen molar-refractivity contribution in [1.82, 2.24) is 9.97 Å². The molecule has 2 heterocycles. The van der Waals surface area contributed by atoms with Crippen LogP contribution in [0.25, 0.3) is 10.2 Å². The lowest BCUT2D eigenvalue weighted by atomic mass is 10.2. The van der Waals surface area contributed by atoms with Gasteiger partial charge in [0.05, 0.1) is 5.52 Å². The predicted octanol–water partition coefficient (Wildman–Crippen LogP) is 5.42. The van der Waals surface area contributed by atoms with Crippen LogP contribution in [0.3, 0.4) is 0 Å². The number of nitrogens with one attached hydrogen (secondary N) is 2. The van der Waals surface area contributed by atoms with Crippen molar-refractivity contribution in [3.63, 3.8) is 0 Å². The smallest absolute Gasteiger partial charge is 0.247 e. The number of rotatable bonds is 7. The minimum absolute atomic E-state index is 0.286. The lowest BCUT2D eigenvalue weighted by molar-refractivity contribution is -0.111. The summed E-state index contributed by atoms with van der Waals surface area (Å²) in [5.41, 5.74) is 3.38. The van der Waals surface area contributed by atoms with E-state index in [2.05, 4.69) is 27.2 Å². The Kier molecular flexibility index (Phi) is 5.81. The number of hydrogen-bond acceptors (Lipinski definition) is 7. The quantitative estimate of drug-likeness (QED) is 0.381. The zero-order valence-electron chi connectivity index (χ0n) is 17.1. The molecule has 4 aromatic rings. The first kappa shape index (κ1) is 20.4. The number of carbonyl (C=O) groups is 1. The third-order valence-electron chi connectivity index (χ3n) is 4.41. The Hall–Kier alpha value is -3.91. The van der Waals surface area contributed by atoms with Crippen molar-refractivity contribution in [2.75, 3.05) is 29.6 Å². The van der Waals surface area contributed by atoms with Gasteiger partial charge in [0.15, 0.2) is 0 Å². The van der Waals surface area contributed by atoms with E-state index in [9.17, 15) is 4.79 Å². The topological polar surface area (TPSA) is 79.4 Å². The number of anilines is 4. The highest BCUT2D eigenvalue weighted by Gasteiger charge is 2.12. The number of benzene rings is 2. The van der Waals surface area contributed by atoms with Crippen LogP contribution in [0, 0.1) is 0 Å². The molecule has 0 spiro atoms. The van der Waals surface area contributed by atoms with Crippen molar-refractivity contribution in [2.24, 2.45) is 0 Å². The summed E-state index contributed by atoms with van der Waals surface area (Å²) in [5, 5.41) is 7.91. The van der Waals surface area contributed by atoms with E-state index in [1.807, 2.05) is 54.7 Å². The molecule has 8 heteroatoms. The van der Waals surface area contributed by atoms with E-state index in [0.717, 1.165) is 21.6 Å². The molecule has 0 atom stereocenters. The molecule has 156 valence electrons. The van der Waals surface area contributed by atoms with Crippen LogP contribution in [0.15, 0.2) is 72.6 Å². The van der Waals surface area contributed by atoms with Gasteiger partial charge in [0.2, 0.25) is 17.7 Å². The van der Waals surface area contributed by atoms with Crippen molar-refractivity contribution in [1.29, 1.82) is 0 Å². The first-order chi connectivity index (χ1) is 15.0. The molecule has 4 rings (SSSR count). The predicted molar refractivity (Wildman–Crippen MR) is 127 cm³/mol. The second kappa shape index (κ2) is 8.85. The number of fused-ring (bicyclic) bond motifs is 1. The van der Waals surface area contributed by atoms with Crippen LogP contribution in [0.5, 0.6) is 11.6 Å². The van der Waals surface area contributed by atoms with Gasteiger partial charge in [-0.1, -0.05) is 12.6 Å². The van der Waals surface area contributed by atoms with Gasteiger partial charge < -0.3 is 20.3 Å². The lowest BCUT2D eigenvalue weighted by Gasteiger charge is -2.13. The first-order valence-electron chi connectivity index (χ1n) is 9.53. The number of ether oxygens (including phenoxy) is 1. The van der Waals surface area contributed by atoms with E-state index in [4.69, 9.17) is 4.74 Å². The highest BCUT2D eigenvalue weighted by atomic mass is 32.1. The van der Waals surface area contributed by atoms with Crippen molar-refractivity contribution in [2.45, 2.75) is 0 Å². The Bertz CT molecular complexity index is 1230. The van der Waals surface area contributed by atoms with E-state index in [-0.39, 0.29) is 5.91 Å². The molecule has 1 amide bonds. The minimum atomic E-state index is -0.286. The number of aromatic nitrogens is 2. The fraction of sp³-hybridized carbons (Fsp3) is 0.0870.